The number of benzene rings is 1. The summed E-state index contributed by atoms with van der Waals surface area (Å²) in [5.41, 5.74) is 1.58. The van der Waals surface area contributed by atoms with Crippen molar-refractivity contribution in [2.24, 2.45) is 0 Å². The van der Waals surface area contributed by atoms with Crippen molar-refractivity contribution >= 4 is 5.69 Å². The predicted molar refractivity (Wildman–Crippen MR) is 65.7 cm³/mol. The molecule has 3 nitrogen and oxygen atoms in total. The summed E-state index contributed by atoms with van der Waals surface area (Å²) in [5.74, 6) is 0. The zero-order valence-corrected chi connectivity index (χ0v) is 9.95. The molecule has 1 aromatic carbocycles. The fraction of sp³-hybridized carbons (Fsp3) is 0.538. The van der Waals surface area contributed by atoms with Crippen LogP contribution in [0.2, 0.25) is 0 Å². The molecule has 0 amide bonds. The summed E-state index contributed by atoms with van der Waals surface area (Å²) in [5, 5.41) is 10.7. The molecule has 3 heteroatoms. The summed E-state index contributed by atoms with van der Waals surface area (Å²) in [6.45, 7) is 3.90. The highest BCUT2D eigenvalue weighted by molar-refractivity contribution is 5.38. The maximum absolute atomic E-state index is 10.7. The molecule has 0 atom stereocenters. The third kappa shape index (κ3) is 4.01. The Kier molecular flexibility index (Phi) is 4.35. The largest absolute Gasteiger partial charge is 0.269 e. The quantitative estimate of drug-likeness (QED) is 0.414. The van der Waals surface area contributed by atoms with Crippen molar-refractivity contribution in [3.63, 3.8) is 0 Å². The minimum Gasteiger partial charge on any atom is -0.258 e. The lowest BCUT2D eigenvalue weighted by molar-refractivity contribution is -0.385. The van der Waals surface area contributed by atoms with Crippen molar-refractivity contribution in [2.45, 2.75) is 46.0 Å². The first-order valence-corrected chi connectivity index (χ1v) is 5.80. The molecule has 0 bridgehead atoms. The minimum absolute atomic E-state index is 0.101. The molecule has 1 rings (SSSR count). The highest BCUT2D eigenvalue weighted by atomic mass is 16.6. The molecule has 0 aliphatic heterocycles. The third-order valence-electron chi connectivity index (χ3n) is 2.55. The maximum Gasteiger partial charge on any atom is 0.269 e. The normalized spacial score (nSPS) is 11.2. The lowest BCUT2D eigenvalue weighted by Gasteiger charge is -2.03. The van der Waals surface area contributed by atoms with Gasteiger partial charge in [-0.3, -0.25) is 10.1 Å². The SMILES string of the molecule is [2H]c1c(C)cc([N+](=O)[O-])cc1CCCCCC. The molecule has 0 spiro atoms. The fourth-order valence-corrected chi connectivity index (χ4v) is 1.75. The Labute approximate surface area is 98.0 Å². The minimum atomic E-state index is -0.387. The molecule has 0 aliphatic carbocycles. The van der Waals surface area contributed by atoms with E-state index < -0.39 is 0 Å². The van der Waals surface area contributed by atoms with E-state index in [1.54, 1.807) is 13.0 Å². The molecule has 0 radical (unpaired) electrons. The van der Waals surface area contributed by atoms with Gasteiger partial charge in [0, 0.05) is 12.1 Å². The molecule has 16 heavy (non-hydrogen) atoms. The van der Waals surface area contributed by atoms with E-state index in [0.717, 1.165) is 24.8 Å². The smallest absolute Gasteiger partial charge is 0.258 e. The van der Waals surface area contributed by atoms with Gasteiger partial charge in [-0.15, -0.1) is 0 Å². The summed E-state index contributed by atoms with van der Waals surface area (Å²) in [6.07, 6.45) is 5.24. The van der Waals surface area contributed by atoms with Crippen LogP contribution in [0, 0.1) is 17.0 Å². The average Bonchev–Trinajstić information content (AvgIpc) is 2.29. The number of hydrogen-bond acceptors (Lipinski definition) is 2. The summed E-state index contributed by atoms with van der Waals surface area (Å²) in [4.78, 5) is 10.4. The second kappa shape index (κ2) is 6.26. The van der Waals surface area contributed by atoms with Crippen molar-refractivity contribution in [1.82, 2.24) is 0 Å². The van der Waals surface area contributed by atoms with E-state index in [4.69, 9.17) is 1.37 Å². The van der Waals surface area contributed by atoms with Crippen LogP contribution in [0.4, 0.5) is 5.69 Å². The van der Waals surface area contributed by atoms with Gasteiger partial charge in [0.25, 0.3) is 5.69 Å². The van der Waals surface area contributed by atoms with Crippen LogP contribution in [0.3, 0.4) is 0 Å². The molecular weight excluding hydrogens is 202 g/mol. The number of nitro benzene ring substituents is 1. The molecule has 1 aromatic rings. The first-order chi connectivity index (χ1) is 8.06. The van der Waals surface area contributed by atoms with Crippen molar-refractivity contribution in [3.05, 3.63) is 39.4 Å². The Bertz CT molecular complexity index is 405. The zero-order chi connectivity index (χ0) is 12.8. The Morgan fingerprint density at radius 2 is 2.12 bits per heavy atom. The van der Waals surface area contributed by atoms with Crippen LogP contribution in [0.5, 0.6) is 0 Å². The van der Waals surface area contributed by atoms with E-state index >= 15 is 0 Å². The van der Waals surface area contributed by atoms with Crippen molar-refractivity contribution in [1.29, 1.82) is 0 Å². The lowest BCUT2D eigenvalue weighted by atomic mass is 10.0. The maximum atomic E-state index is 10.7. The molecule has 88 valence electrons. The summed E-state index contributed by atoms with van der Waals surface area (Å²) >= 11 is 0. The van der Waals surface area contributed by atoms with E-state index in [1.807, 2.05) is 0 Å². The zero-order valence-electron chi connectivity index (χ0n) is 11.0. The van der Waals surface area contributed by atoms with Crippen LogP contribution in [0.15, 0.2) is 18.2 Å². The molecule has 0 fully saturated rings. The first-order valence-electron chi connectivity index (χ1n) is 6.30. The van der Waals surface area contributed by atoms with E-state index in [-0.39, 0.29) is 10.6 Å². The van der Waals surface area contributed by atoms with Crippen molar-refractivity contribution in [3.8, 4) is 0 Å². The van der Waals surface area contributed by atoms with Gasteiger partial charge in [0.15, 0.2) is 0 Å². The van der Waals surface area contributed by atoms with Gasteiger partial charge in [-0.1, -0.05) is 32.2 Å². The fourth-order valence-electron chi connectivity index (χ4n) is 1.75. The number of nitrogens with zero attached hydrogens (tertiary/aromatic N) is 1. The van der Waals surface area contributed by atoms with E-state index in [9.17, 15) is 10.1 Å². The van der Waals surface area contributed by atoms with Crippen LogP contribution in [0.1, 0.15) is 45.1 Å². The molecule has 0 N–H and O–H groups in total. The van der Waals surface area contributed by atoms with E-state index in [0.29, 0.717) is 11.6 Å². The molecular formula is C13H19NO2. The lowest BCUT2D eigenvalue weighted by Crippen LogP contribution is -1.93. The van der Waals surface area contributed by atoms with Gasteiger partial charge in [0.1, 0.15) is 0 Å². The van der Waals surface area contributed by atoms with Crippen LogP contribution < -0.4 is 0 Å². The first kappa shape index (κ1) is 11.1. The third-order valence-corrected chi connectivity index (χ3v) is 2.55. The topological polar surface area (TPSA) is 43.1 Å². The molecule has 0 unspecified atom stereocenters. The van der Waals surface area contributed by atoms with Gasteiger partial charge in [-0.2, -0.15) is 0 Å². The van der Waals surface area contributed by atoms with Crippen LogP contribution in [-0.4, -0.2) is 4.92 Å². The summed E-state index contributed by atoms with van der Waals surface area (Å²) in [6, 6.07) is 3.46. The van der Waals surface area contributed by atoms with Gasteiger partial charge in [0.05, 0.1) is 6.29 Å². The van der Waals surface area contributed by atoms with E-state index in [1.165, 1.54) is 18.9 Å². The van der Waals surface area contributed by atoms with Crippen LogP contribution >= 0.6 is 0 Å². The van der Waals surface area contributed by atoms with Crippen LogP contribution in [-0.2, 0) is 6.42 Å². The van der Waals surface area contributed by atoms with Gasteiger partial charge in [-0.05, 0) is 30.9 Å². The average molecular weight is 222 g/mol. The number of non-ortho nitro benzene ring substituents is 1. The Hall–Kier alpha value is -1.38. The van der Waals surface area contributed by atoms with Gasteiger partial charge < -0.3 is 0 Å². The molecule has 0 aliphatic rings. The summed E-state index contributed by atoms with van der Waals surface area (Å²) in [7, 11) is 0. The Morgan fingerprint density at radius 3 is 2.75 bits per heavy atom. The Balaban J connectivity index is 2.79. The Morgan fingerprint density at radius 1 is 1.38 bits per heavy atom. The van der Waals surface area contributed by atoms with E-state index in [2.05, 4.69) is 6.92 Å². The van der Waals surface area contributed by atoms with Gasteiger partial charge >= 0.3 is 0 Å². The summed E-state index contributed by atoms with van der Waals surface area (Å²) < 4.78 is 7.89. The second-order valence-corrected chi connectivity index (χ2v) is 4.11. The monoisotopic (exact) mass is 222 g/mol. The van der Waals surface area contributed by atoms with Crippen molar-refractivity contribution in [2.75, 3.05) is 0 Å². The molecule has 0 aromatic heterocycles. The standard InChI is InChI=1S/C13H19NO2/c1-3-4-5-6-7-12-8-11(2)9-13(10-12)14(15)16/h8-10H,3-7H2,1-2H3/i8D. The highest BCUT2D eigenvalue weighted by Crippen LogP contribution is 2.18. The highest BCUT2D eigenvalue weighted by Gasteiger charge is 2.07. The van der Waals surface area contributed by atoms with Crippen LogP contribution in [0.25, 0.3) is 0 Å². The number of aryl methyl sites for hydroxylation is 2. The van der Waals surface area contributed by atoms with Gasteiger partial charge in [-0.25, -0.2) is 0 Å². The number of nitro groups is 1. The second-order valence-electron chi connectivity index (χ2n) is 4.11. The molecule has 0 heterocycles. The van der Waals surface area contributed by atoms with Gasteiger partial charge in [0.2, 0.25) is 0 Å². The predicted octanol–water partition coefficient (Wildman–Crippen LogP) is 4.03. The number of unbranched alkanes of at least 4 members (excludes halogenated alkanes) is 3. The van der Waals surface area contributed by atoms with Crippen molar-refractivity contribution < 1.29 is 6.29 Å². The number of rotatable bonds is 6. The molecule has 0 saturated carbocycles. The molecule has 0 saturated heterocycles. The number of hydrogen-bond donors (Lipinski definition) is 0.